The Morgan fingerprint density at radius 2 is 1.92 bits per heavy atom. The lowest BCUT2D eigenvalue weighted by molar-refractivity contribution is -0.125. The molecular weight excluding hydrogens is 148 g/mol. The monoisotopic (exact) mass is 168 g/mol. The summed E-state index contributed by atoms with van der Waals surface area (Å²) in [5, 5.41) is 0. The molecular formula is C11H20O. The molecule has 1 aliphatic carbocycles. The van der Waals surface area contributed by atoms with E-state index in [0.29, 0.717) is 11.7 Å². The number of hydrogen-bond acceptors (Lipinski definition) is 1. The Labute approximate surface area is 75.5 Å². The van der Waals surface area contributed by atoms with Gasteiger partial charge in [-0.3, -0.25) is 4.79 Å². The number of carbonyl (C=O) groups excluding carboxylic acids is 1. The van der Waals surface area contributed by atoms with Crippen LogP contribution in [0.25, 0.3) is 0 Å². The molecule has 0 aromatic heterocycles. The third kappa shape index (κ3) is 1.41. The minimum atomic E-state index is 0.227. The third-order valence-corrected chi connectivity index (χ3v) is 3.13. The lowest BCUT2D eigenvalue weighted by Crippen LogP contribution is -2.27. The van der Waals surface area contributed by atoms with Crippen molar-refractivity contribution in [3.8, 4) is 0 Å². The van der Waals surface area contributed by atoms with Gasteiger partial charge >= 0.3 is 0 Å². The van der Waals surface area contributed by atoms with Crippen LogP contribution >= 0.6 is 0 Å². The second-order valence-electron chi connectivity index (χ2n) is 5.22. The zero-order valence-corrected chi connectivity index (χ0v) is 8.85. The fourth-order valence-corrected chi connectivity index (χ4v) is 2.94. The van der Waals surface area contributed by atoms with E-state index in [2.05, 4.69) is 34.6 Å². The van der Waals surface area contributed by atoms with Gasteiger partial charge in [0.25, 0.3) is 0 Å². The predicted octanol–water partition coefficient (Wildman–Crippen LogP) is 2.89. The summed E-state index contributed by atoms with van der Waals surface area (Å²) in [7, 11) is 0. The van der Waals surface area contributed by atoms with E-state index in [-0.39, 0.29) is 17.3 Å². The summed E-state index contributed by atoms with van der Waals surface area (Å²) in [6.45, 7) is 10.8. The van der Waals surface area contributed by atoms with Gasteiger partial charge in [-0.25, -0.2) is 0 Å². The predicted molar refractivity (Wildman–Crippen MR) is 50.9 cm³/mol. The Morgan fingerprint density at radius 1 is 1.42 bits per heavy atom. The van der Waals surface area contributed by atoms with Crippen LogP contribution in [0, 0.1) is 23.2 Å². The second-order valence-corrected chi connectivity index (χ2v) is 5.22. The topological polar surface area (TPSA) is 17.1 Å². The lowest BCUT2D eigenvalue weighted by Gasteiger charge is -2.28. The van der Waals surface area contributed by atoms with E-state index < -0.39 is 0 Å². The van der Waals surface area contributed by atoms with Gasteiger partial charge in [0.15, 0.2) is 0 Å². The van der Waals surface area contributed by atoms with Gasteiger partial charge in [-0.05, 0) is 17.8 Å². The first-order valence-corrected chi connectivity index (χ1v) is 4.90. The second kappa shape index (κ2) is 2.86. The molecule has 0 heterocycles. The van der Waals surface area contributed by atoms with Crippen molar-refractivity contribution in [3.63, 3.8) is 0 Å². The highest BCUT2D eigenvalue weighted by atomic mass is 16.1. The van der Waals surface area contributed by atoms with Crippen molar-refractivity contribution < 1.29 is 4.79 Å². The van der Waals surface area contributed by atoms with Crippen LogP contribution in [-0.4, -0.2) is 5.78 Å². The van der Waals surface area contributed by atoms with Crippen LogP contribution in [0.4, 0.5) is 0 Å². The van der Waals surface area contributed by atoms with Gasteiger partial charge in [0, 0.05) is 11.8 Å². The number of Topliss-reactive ketones (excluding diaryl/α,β-unsaturated/α-hetero) is 1. The van der Waals surface area contributed by atoms with Crippen molar-refractivity contribution in [3.05, 3.63) is 0 Å². The van der Waals surface area contributed by atoms with Crippen molar-refractivity contribution in [2.24, 2.45) is 23.2 Å². The standard InChI is InChI=1S/C11H20O/c1-7(2)9-10(12)8(3)6-11(9,4)5/h7-9H,6H2,1-5H3/t8-,9+/m0/s1. The number of hydrogen-bond donors (Lipinski definition) is 0. The molecule has 0 aromatic rings. The summed E-state index contributed by atoms with van der Waals surface area (Å²) < 4.78 is 0. The Morgan fingerprint density at radius 3 is 2.08 bits per heavy atom. The molecule has 1 fully saturated rings. The first kappa shape index (κ1) is 9.76. The summed E-state index contributed by atoms with van der Waals surface area (Å²) in [5.41, 5.74) is 0.227. The molecule has 1 saturated carbocycles. The van der Waals surface area contributed by atoms with E-state index in [1.165, 1.54) is 0 Å². The SMILES string of the molecule is CC(C)[C@@H]1C(=O)[C@@H](C)CC1(C)C. The highest BCUT2D eigenvalue weighted by Crippen LogP contribution is 2.46. The van der Waals surface area contributed by atoms with Crippen LogP contribution in [0.1, 0.15) is 41.0 Å². The van der Waals surface area contributed by atoms with Gasteiger partial charge in [-0.15, -0.1) is 0 Å². The maximum atomic E-state index is 11.8. The molecule has 2 atom stereocenters. The maximum absolute atomic E-state index is 11.8. The summed E-state index contributed by atoms with van der Waals surface area (Å²) >= 11 is 0. The Bertz CT molecular complexity index is 191. The Balaban J connectivity index is 2.89. The van der Waals surface area contributed by atoms with Gasteiger partial charge in [-0.2, -0.15) is 0 Å². The van der Waals surface area contributed by atoms with Crippen molar-refractivity contribution in [2.45, 2.75) is 41.0 Å². The molecule has 0 spiro atoms. The molecule has 0 bridgehead atoms. The van der Waals surface area contributed by atoms with E-state index in [4.69, 9.17) is 0 Å². The molecule has 0 saturated heterocycles. The van der Waals surface area contributed by atoms with Crippen LogP contribution in [0.2, 0.25) is 0 Å². The van der Waals surface area contributed by atoms with Crippen LogP contribution in [0.5, 0.6) is 0 Å². The molecule has 1 heteroatoms. The summed E-state index contributed by atoms with van der Waals surface area (Å²) in [6, 6.07) is 0. The first-order chi connectivity index (χ1) is 5.36. The molecule has 1 aliphatic rings. The van der Waals surface area contributed by atoms with Crippen LogP contribution in [0.15, 0.2) is 0 Å². The molecule has 0 unspecified atom stereocenters. The van der Waals surface area contributed by atoms with Crippen molar-refractivity contribution >= 4 is 5.78 Å². The van der Waals surface area contributed by atoms with Crippen molar-refractivity contribution in [1.82, 2.24) is 0 Å². The smallest absolute Gasteiger partial charge is 0.139 e. The molecule has 0 aromatic carbocycles. The number of ketones is 1. The molecule has 1 nitrogen and oxygen atoms in total. The molecule has 12 heavy (non-hydrogen) atoms. The van der Waals surface area contributed by atoms with Crippen LogP contribution in [-0.2, 0) is 4.79 Å². The average molecular weight is 168 g/mol. The van der Waals surface area contributed by atoms with Gasteiger partial charge in [0.2, 0.25) is 0 Å². The molecule has 0 aliphatic heterocycles. The number of rotatable bonds is 1. The third-order valence-electron chi connectivity index (χ3n) is 3.13. The molecule has 0 N–H and O–H groups in total. The number of carbonyl (C=O) groups is 1. The van der Waals surface area contributed by atoms with E-state index in [9.17, 15) is 4.79 Å². The lowest BCUT2D eigenvalue weighted by atomic mass is 9.75. The van der Waals surface area contributed by atoms with Crippen LogP contribution < -0.4 is 0 Å². The van der Waals surface area contributed by atoms with E-state index in [1.54, 1.807) is 0 Å². The zero-order valence-electron chi connectivity index (χ0n) is 8.85. The van der Waals surface area contributed by atoms with Crippen molar-refractivity contribution in [1.29, 1.82) is 0 Å². The minimum Gasteiger partial charge on any atom is -0.299 e. The molecule has 70 valence electrons. The van der Waals surface area contributed by atoms with Gasteiger partial charge in [0.1, 0.15) is 5.78 Å². The van der Waals surface area contributed by atoms with Gasteiger partial charge < -0.3 is 0 Å². The van der Waals surface area contributed by atoms with E-state index >= 15 is 0 Å². The van der Waals surface area contributed by atoms with Gasteiger partial charge in [-0.1, -0.05) is 34.6 Å². The summed E-state index contributed by atoms with van der Waals surface area (Å²) in [4.78, 5) is 11.8. The zero-order chi connectivity index (χ0) is 9.52. The highest BCUT2D eigenvalue weighted by molar-refractivity contribution is 5.86. The van der Waals surface area contributed by atoms with Gasteiger partial charge in [0.05, 0.1) is 0 Å². The van der Waals surface area contributed by atoms with E-state index in [0.717, 1.165) is 6.42 Å². The molecule has 1 rings (SSSR count). The normalized spacial score (nSPS) is 34.7. The average Bonchev–Trinajstić information content (AvgIpc) is 2.01. The fraction of sp³-hybridized carbons (Fsp3) is 0.909. The van der Waals surface area contributed by atoms with Crippen LogP contribution in [0.3, 0.4) is 0 Å². The summed E-state index contributed by atoms with van der Waals surface area (Å²) in [5.74, 6) is 1.55. The molecule has 0 amide bonds. The Kier molecular flexibility index (Phi) is 2.33. The Hall–Kier alpha value is -0.330. The van der Waals surface area contributed by atoms with E-state index in [1.807, 2.05) is 0 Å². The largest absolute Gasteiger partial charge is 0.299 e. The van der Waals surface area contributed by atoms with Crippen molar-refractivity contribution in [2.75, 3.05) is 0 Å². The summed E-state index contributed by atoms with van der Waals surface area (Å²) in [6.07, 6.45) is 1.06. The quantitative estimate of drug-likeness (QED) is 0.588. The molecule has 0 radical (unpaired) electrons. The highest BCUT2D eigenvalue weighted by Gasteiger charge is 2.46. The first-order valence-electron chi connectivity index (χ1n) is 4.90. The maximum Gasteiger partial charge on any atom is 0.139 e. The minimum absolute atomic E-state index is 0.227. The fourth-order valence-electron chi connectivity index (χ4n) is 2.94.